The van der Waals surface area contributed by atoms with Gasteiger partial charge >= 0.3 is 5.97 Å². The number of carboxylic acid groups (broad SMARTS) is 1. The number of nitrogen functional groups attached to an aromatic ring is 1. The van der Waals surface area contributed by atoms with Crippen molar-refractivity contribution in [2.24, 2.45) is 5.73 Å². The third-order valence-electron chi connectivity index (χ3n) is 1.71. The Morgan fingerprint density at radius 2 is 2.47 bits per heavy atom. The topological polar surface area (TPSA) is 102 Å². The van der Waals surface area contributed by atoms with Crippen LogP contribution in [0.25, 0.3) is 0 Å². The summed E-state index contributed by atoms with van der Waals surface area (Å²) in [5.74, 6) is 0.513. The van der Waals surface area contributed by atoms with Crippen molar-refractivity contribution in [3.8, 4) is 0 Å². The second kappa shape index (κ2) is 5.94. The summed E-state index contributed by atoms with van der Waals surface area (Å²) in [4.78, 5) is 14.5. The minimum absolute atomic E-state index is 0.472. The van der Waals surface area contributed by atoms with Crippen LogP contribution in [0.5, 0.6) is 0 Å². The molecule has 0 unspecified atom stereocenters. The van der Waals surface area contributed by atoms with Crippen LogP contribution in [0.1, 0.15) is 12.1 Å². The monoisotopic (exact) mass is 247 g/mol. The lowest BCUT2D eigenvalue weighted by molar-refractivity contribution is -0.138. The minimum Gasteiger partial charge on any atom is -0.480 e. The van der Waals surface area contributed by atoms with E-state index in [1.54, 1.807) is 11.8 Å². The van der Waals surface area contributed by atoms with E-state index in [2.05, 4.69) is 4.98 Å². The number of carboxylic acids is 1. The van der Waals surface area contributed by atoms with Crippen molar-refractivity contribution in [3.05, 3.63) is 11.1 Å². The van der Waals surface area contributed by atoms with E-state index >= 15 is 0 Å². The maximum Gasteiger partial charge on any atom is 0.320 e. The second-order valence-corrected chi connectivity index (χ2v) is 4.96. The van der Waals surface area contributed by atoms with Crippen LogP contribution >= 0.6 is 23.1 Å². The van der Waals surface area contributed by atoms with Crippen LogP contribution in [0, 0.1) is 0 Å². The molecule has 1 heterocycles. The molecule has 0 amide bonds. The molecule has 1 atom stereocenters. The van der Waals surface area contributed by atoms with E-state index in [4.69, 9.17) is 16.6 Å². The number of hydrogen-bond donors (Lipinski definition) is 3. The summed E-state index contributed by atoms with van der Waals surface area (Å²) in [5, 5.41) is 11.0. The smallest absolute Gasteiger partial charge is 0.320 e. The third kappa shape index (κ3) is 4.50. The molecule has 0 aliphatic carbocycles. The number of carbonyl (C=O) groups is 1. The average molecular weight is 247 g/mol. The first-order chi connectivity index (χ1) is 7.09. The molecule has 15 heavy (non-hydrogen) atoms. The van der Waals surface area contributed by atoms with Crippen molar-refractivity contribution in [1.29, 1.82) is 0 Å². The van der Waals surface area contributed by atoms with Gasteiger partial charge in [0.25, 0.3) is 0 Å². The fraction of sp³-hybridized carbons (Fsp3) is 0.500. The molecule has 0 aliphatic rings. The fourth-order valence-electron chi connectivity index (χ4n) is 0.899. The van der Waals surface area contributed by atoms with Crippen molar-refractivity contribution >= 4 is 34.2 Å². The van der Waals surface area contributed by atoms with E-state index in [-0.39, 0.29) is 0 Å². The van der Waals surface area contributed by atoms with Crippen LogP contribution in [-0.2, 0) is 10.5 Å². The van der Waals surface area contributed by atoms with Gasteiger partial charge < -0.3 is 16.6 Å². The minimum atomic E-state index is -0.950. The Kier molecular flexibility index (Phi) is 4.86. The molecule has 7 heteroatoms. The Morgan fingerprint density at radius 1 is 1.73 bits per heavy atom. The lowest BCUT2D eigenvalue weighted by atomic mass is 10.2. The summed E-state index contributed by atoms with van der Waals surface area (Å²) in [7, 11) is 0. The number of aromatic nitrogens is 1. The largest absolute Gasteiger partial charge is 0.480 e. The highest BCUT2D eigenvalue weighted by atomic mass is 32.2. The van der Waals surface area contributed by atoms with Crippen LogP contribution in [0.2, 0.25) is 0 Å². The van der Waals surface area contributed by atoms with Gasteiger partial charge in [-0.05, 0) is 12.2 Å². The number of thioether (sulfide) groups is 1. The first-order valence-electron chi connectivity index (χ1n) is 4.35. The van der Waals surface area contributed by atoms with Gasteiger partial charge in [0, 0.05) is 11.1 Å². The highest BCUT2D eigenvalue weighted by Crippen LogP contribution is 2.17. The number of hydrogen-bond acceptors (Lipinski definition) is 6. The molecule has 0 spiro atoms. The summed E-state index contributed by atoms with van der Waals surface area (Å²) in [6.45, 7) is 0. The van der Waals surface area contributed by atoms with Gasteiger partial charge in [-0.3, -0.25) is 4.79 Å². The zero-order chi connectivity index (χ0) is 11.3. The quantitative estimate of drug-likeness (QED) is 0.641. The standard InChI is InChI=1S/C8H13N3O2S2/c9-6(7(12)13)1-2-14-3-5-4-15-8(10)11-5/h4,6H,1-3,9H2,(H2,10,11)(H,12,13)/t6-/m0/s1. The maximum atomic E-state index is 10.4. The summed E-state index contributed by atoms with van der Waals surface area (Å²) < 4.78 is 0. The van der Waals surface area contributed by atoms with Crippen molar-refractivity contribution < 1.29 is 9.90 Å². The molecule has 1 aromatic rings. The van der Waals surface area contributed by atoms with Gasteiger partial charge in [0.15, 0.2) is 5.13 Å². The number of rotatable bonds is 6. The summed E-state index contributed by atoms with van der Waals surface area (Å²) in [6.07, 6.45) is 0.472. The van der Waals surface area contributed by atoms with Crippen LogP contribution < -0.4 is 11.5 Å². The summed E-state index contributed by atoms with van der Waals surface area (Å²) in [5.41, 5.74) is 11.8. The fourth-order valence-corrected chi connectivity index (χ4v) is 2.49. The van der Waals surface area contributed by atoms with E-state index < -0.39 is 12.0 Å². The molecule has 5 nitrogen and oxygen atoms in total. The van der Waals surface area contributed by atoms with E-state index in [9.17, 15) is 4.79 Å². The molecule has 0 aliphatic heterocycles. The molecule has 0 aromatic carbocycles. The molecule has 84 valence electrons. The Balaban J connectivity index is 2.14. The lowest BCUT2D eigenvalue weighted by Gasteiger charge is -2.04. The molecule has 0 bridgehead atoms. The maximum absolute atomic E-state index is 10.4. The van der Waals surface area contributed by atoms with Crippen molar-refractivity contribution in [1.82, 2.24) is 4.98 Å². The van der Waals surface area contributed by atoms with E-state index in [1.165, 1.54) is 11.3 Å². The first kappa shape index (κ1) is 12.3. The zero-order valence-corrected chi connectivity index (χ0v) is 9.68. The van der Waals surface area contributed by atoms with Gasteiger partial charge in [0.1, 0.15) is 6.04 Å². The molecule has 1 aromatic heterocycles. The van der Waals surface area contributed by atoms with Gasteiger partial charge in [-0.2, -0.15) is 11.8 Å². The summed E-state index contributed by atoms with van der Waals surface area (Å²) >= 11 is 3.02. The Bertz CT molecular complexity index is 329. The van der Waals surface area contributed by atoms with E-state index in [0.717, 1.165) is 11.4 Å². The van der Waals surface area contributed by atoms with Gasteiger partial charge in [0.05, 0.1) is 5.69 Å². The predicted octanol–water partition coefficient (Wildman–Crippen LogP) is 0.760. The molecule has 0 radical (unpaired) electrons. The zero-order valence-electron chi connectivity index (χ0n) is 8.05. The Hall–Kier alpha value is -0.790. The highest BCUT2D eigenvalue weighted by molar-refractivity contribution is 7.98. The number of thiazole rings is 1. The molecular formula is C8H13N3O2S2. The van der Waals surface area contributed by atoms with Gasteiger partial charge in [-0.1, -0.05) is 0 Å². The molecule has 0 saturated heterocycles. The Morgan fingerprint density at radius 3 is 3.00 bits per heavy atom. The van der Waals surface area contributed by atoms with Crippen molar-refractivity contribution in [2.45, 2.75) is 18.2 Å². The van der Waals surface area contributed by atoms with Crippen LogP contribution in [0.4, 0.5) is 5.13 Å². The SMILES string of the molecule is Nc1nc(CSCC[C@H](N)C(=O)O)cs1. The summed E-state index contributed by atoms with van der Waals surface area (Å²) in [6, 6.07) is -0.766. The predicted molar refractivity (Wildman–Crippen MR) is 62.9 cm³/mol. The first-order valence-corrected chi connectivity index (χ1v) is 6.39. The number of nitrogens with zero attached hydrogens (tertiary/aromatic N) is 1. The highest BCUT2D eigenvalue weighted by Gasteiger charge is 2.10. The second-order valence-electron chi connectivity index (χ2n) is 2.96. The number of anilines is 1. The van der Waals surface area contributed by atoms with Gasteiger partial charge in [-0.15, -0.1) is 11.3 Å². The van der Waals surface area contributed by atoms with Gasteiger partial charge in [0.2, 0.25) is 0 Å². The van der Waals surface area contributed by atoms with Crippen molar-refractivity contribution in [3.63, 3.8) is 0 Å². The molecule has 0 fully saturated rings. The molecule has 0 saturated carbocycles. The van der Waals surface area contributed by atoms with E-state index in [1.807, 2.05) is 5.38 Å². The molecule has 5 N–H and O–H groups in total. The van der Waals surface area contributed by atoms with Crippen LogP contribution in [0.3, 0.4) is 0 Å². The van der Waals surface area contributed by atoms with Crippen LogP contribution in [0.15, 0.2) is 5.38 Å². The lowest BCUT2D eigenvalue weighted by Crippen LogP contribution is -2.30. The normalized spacial score (nSPS) is 12.6. The third-order valence-corrected chi connectivity index (χ3v) is 3.46. The molecule has 1 rings (SSSR count). The number of aliphatic carboxylic acids is 1. The van der Waals surface area contributed by atoms with Crippen molar-refractivity contribution in [2.75, 3.05) is 11.5 Å². The average Bonchev–Trinajstić information content (AvgIpc) is 2.58. The van der Waals surface area contributed by atoms with Gasteiger partial charge in [-0.25, -0.2) is 4.98 Å². The Labute approximate surface area is 95.9 Å². The van der Waals surface area contributed by atoms with E-state index in [0.29, 0.717) is 17.3 Å². The number of nitrogens with two attached hydrogens (primary N) is 2. The van der Waals surface area contributed by atoms with Crippen LogP contribution in [-0.4, -0.2) is 27.9 Å². The molecular weight excluding hydrogens is 234 g/mol.